The van der Waals surface area contributed by atoms with Crippen molar-refractivity contribution in [2.45, 2.75) is 0 Å². The fraction of sp³-hybridized carbons (Fsp3) is 0. The second-order valence-electron chi connectivity index (χ2n) is 0. The predicted octanol–water partition coefficient (Wildman–Crippen LogP) is -0.0150. The Morgan fingerprint density at radius 3 is 1.00 bits per heavy atom. The van der Waals surface area contributed by atoms with Crippen LogP contribution in [0.4, 0.5) is 0 Å². The first-order valence-electron chi connectivity index (χ1n) is 0. The summed E-state index contributed by atoms with van der Waals surface area (Å²) in [6, 6.07) is 0. The fourth-order valence-corrected chi connectivity index (χ4v) is 0. The molecule has 0 spiro atoms. The van der Waals surface area contributed by atoms with Crippen LogP contribution in [0.15, 0.2) is 0 Å². The summed E-state index contributed by atoms with van der Waals surface area (Å²) in [7, 11) is 0. The zero-order valence-corrected chi connectivity index (χ0v) is 14.7. The van der Waals surface area contributed by atoms with Gasteiger partial charge in [0.25, 0.3) is 0 Å². The molecule has 0 aromatic rings. The maximum Gasteiger partial charge on any atom is 0 e. The van der Waals surface area contributed by atoms with Gasteiger partial charge in [0, 0.05) is 152 Å². The van der Waals surface area contributed by atoms with Gasteiger partial charge < -0.3 is 0 Å². The molecule has 0 saturated carbocycles. The molecule has 7 heteroatoms. The van der Waals surface area contributed by atoms with E-state index in [4.69, 9.17) is 0 Å². The minimum Gasteiger partial charge on any atom is 0 e. The zero-order chi connectivity index (χ0) is 0. The van der Waals surface area contributed by atoms with Crippen LogP contribution in [0.5, 0.6) is 0 Å². The van der Waals surface area contributed by atoms with E-state index >= 15 is 0 Å². The van der Waals surface area contributed by atoms with Gasteiger partial charge in [0.1, 0.15) is 0 Å². The summed E-state index contributed by atoms with van der Waals surface area (Å²) in [5.74, 6) is 0. The molecule has 2 radical (unpaired) electrons. The van der Waals surface area contributed by atoms with Crippen LogP contribution in [0.2, 0.25) is 0 Å². The first-order valence-corrected chi connectivity index (χ1v) is 0. The normalized spacial score (nSPS) is 0. The molecule has 0 rings (SSSR count). The molecule has 0 amide bonds. The Bertz CT molecular complexity index is 19.7. The van der Waals surface area contributed by atoms with E-state index in [1.165, 1.54) is 0 Å². The average molecular weight is 600 g/mol. The van der Waals surface area contributed by atoms with E-state index in [-0.39, 0.29) is 152 Å². The van der Waals surface area contributed by atoms with E-state index in [0.717, 1.165) is 0 Å². The summed E-state index contributed by atoms with van der Waals surface area (Å²) in [6.45, 7) is 0. The Labute approximate surface area is 148 Å². The van der Waals surface area contributed by atoms with Crippen LogP contribution >= 0.6 is 0 Å². The van der Waals surface area contributed by atoms with Gasteiger partial charge in [-0.05, 0) is 0 Å². The van der Waals surface area contributed by atoms with Crippen molar-refractivity contribution in [3.05, 3.63) is 0 Å². The number of rotatable bonds is 0. The number of hydrogen-bond donors (Lipinski definition) is 0. The predicted molar refractivity (Wildman–Crippen MR) is 0 cm³/mol. The minimum absolute atomic E-state index is 0. The van der Waals surface area contributed by atoms with Gasteiger partial charge in [-0.25, -0.2) is 0 Å². The van der Waals surface area contributed by atoms with E-state index in [1.807, 2.05) is 0 Å². The van der Waals surface area contributed by atoms with Crippen molar-refractivity contribution in [2.75, 3.05) is 0 Å². The fourth-order valence-electron chi connectivity index (χ4n) is 0. The molecule has 0 N–H and O–H groups in total. The Balaban J connectivity index is 0. The quantitative estimate of drug-likeness (QED) is 0.344. The van der Waals surface area contributed by atoms with Crippen molar-refractivity contribution in [3.8, 4) is 0 Å². The molecule has 0 atom stereocenters. The van der Waals surface area contributed by atoms with Gasteiger partial charge in [-0.3, -0.25) is 0 Å². The second-order valence-corrected chi connectivity index (χ2v) is 0. The molecule has 0 aliphatic heterocycles. The van der Waals surface area contributed by atoms with Gasteiger partial charge in [0.15, 0.2) is 0 Å². The van der Waals surface area contributed by atoms with Crippen molar-refractivity contribution in [2.24, 2.45) is 0 Å². The van der Waals surface area contributed by atoms with Crippen LogP contribution in [0.25, 0.3) is 0 Å². The molecule has 0 aromatic carbocycles. The van der Waals surface area contributed by atoms with Gasteiger partial charge in [0.05, 0.1) is 0 Å². The molecule has 0 aliphatic rings. The van der Waals surface area contributed by atoms with Crippen LogP contribution in [-0.4, -0.2) is 0 Å². The number of hydrogen-bond acceptors (Lipinski definition) is 0. The topological polar surface area (TPSA) is 0 Å². The third-order valence-corrected chi connectivity index (χ3v) is 0. The van der Waals surface area contributed by atoms with Crippen molar-refractivity contribution < 1.29 is 152 Å². The van der Waals surface area contributed by atoms with E-state index in [1.54, 1.807) is 0 Å². The van der Waals surface area contributed by atoms with Crippen LogP contribution in [0, 0.1) is 41.7 Å². The Morgan fingerprint density at radius 1 is 1.00 bits per heavy atom. The molecule has 0 unspecified atom stereocenters. The molecule has 48 valence electrons. The molecule has 0 heterocycles. The summed E-state index contributed by atoms with van der Waals surface area (Å²) in [5.41, 5.74) is 0. The van der Waals surface area contributed by atoms with Crippen molar-refractivity contribution in [1.82, 2.24) is 0 Å². The Kier molecular flexibility index (Phi) is 382. The maximum atomic E-state index is 0. The second kappa shape index (κ2) is 44.9. The Morgan fingerprint density at radius 2 is 1.00 bits per heavy atom. The minimum atomic E-state index is 0. The van der Waals surface area contributed by atoms with E-state index < -0.39 is 0 Å². The molecule has 0 fully saturated rings. The van der Waals surface area contributed by atoms with Gasteiger partial charge in [-0.2, -0.15) is 0 Å². The molecule has 0 aliphatic carbocycles. The first kappa shape index (κ1) is 59.6. The monoisotopic (exact) mass is 600 g/mol. The van der Waals surface area contributed by atoms with Gasteiger partial charge in [0.2, 0.25) is 0 Å². The molecule has 0 nitrogen and oxygen atoms in total. The SMILES string of the molecule is [Ce].[Co].[Fe].[Mn].[Ni].[Ti].[W]. The van der Waals surface area contributed by atoms with Crippen molar-refractivity contribution >= 4 is 0 Å². The Hall–Kier alpha value is 4.82. The first-order chi connectivity index (χ1) is 0. The summed E-state index contributed by atoms with van der Waals surface area (Å²) in [5, 5.41) is 0. The van der Waals surface area contributed by atoms with E-state index in [0.29, 0.717) is 0 Å². The third kappa shape index (κ3) is 36.2. The summed E-state index contributed by atoms with van der Waals surface area (Å²) in [6.07, 6.45) is 0. The smallest absolute Gasteiger partial charge is 0 e. The summed E-state index contributed by atoms with van der Waals surface area (Å²) >= 11 is 0. The van der Waals surface area contributed by atoms with Crippen molar-refractivity contribution in [1.29, 1.82) is 0 Å². The van der Waals surface area contributed by atoms with Crippen LogP contribution in [0.1, 0.15) is 0 Å². The largest absolute Gasteiger partial charge is 0 e. The van der Waals surface area contributed by atoms with Gasteiger partial charge >= 0.3 is 0 Å². The summed E-state index contributed by atoms with van der Waals surface area (Å²) < 4.78 is 0. The zero-order valence-electron chi connectivity index (χ0n) is 2.79. The molecule has 0 saturated heterocycles. The molecular weight excluding hydrogens is 600 g/mol. The van der Waals surface area contributed by atoms with Gasteiger partial charge in [-0.15, -0.1) is 0 Å². The third-order valence-electron chi connectivity index (χ3n) is 0. The van der Waals surface area contributed by atoms with E-state index in [2.05, 4.69) is 0 Å². The molecule has 7 heavy (non-hydrogen) atoms. The van der Waals surface area contributed by atoms with Crippen LogP contribution in [-0.2, 0) is 110 Å². The molecular formula is CeCoFeMnNiTiW. The standard InChI is InChI=1S/Ce.Co.Fe.Mn.Ni.Ti.W. The van der Waals surface area contributed by atoms with Crippen LogP contribution in [0.3, 0.4) is 0 Å². The average Bonchev–Trinajstić information content (AvgIpc) is 0. The van der Waals surface area contributed by atoms with Crippen LogP contribution < -0.4 is 0 Å². The maximum absolute atomic E-state index is 0. The summed E-state index contributed by atoms with van der Waals surface area (Å²) in [4.78, 5) is 0. The van der Waals surface area contributed by atoms with E-state index in [9.17, 15) is 0 Å². The molecule has 0 aromatic heterocycles. The van der Waals surface area contributed by atoms with Crippen molar-refractivity contribution in [3.63, 3.8) is 0 Å². The van der Waals surface area contributed by atoms with Gasteiger partial charge in [-0.1, -0.05) is 0 Å². The molecule has 0 bridgehead atoms.